The number of carboxylic acids is 1. The lowest BCUT2D eigenvalue weighted by atomic mass is 10.3. The van der Waals surface area contributed by atoms with Gasteiger partial charge < -0.3 is 5.11 Å². The zero-order valence-corrected chi connectivity index (χ0v) is 9.75. The Morgan fingerprint density at radius 1 is 1.65 bits per heavy atom. The minimum absolute atomic E-state index is 0.468. The summed E-state index contributed by atoms with van der Waals surface area (Å²) < 4.78 is 36.9. The highest BCUT2D eigenvalue weighted by Gasteiger charge is 2.34. The highest BCUT2D eigenvalue weighted by molar-refractivity contribution is 7.09. The molecule has 0 aliphatic heterocycles. The summed E-state index contributed by atoms with van der Waals surface area (Å²) >= 11 is 1.20. The number of carboxylic acid groups (broad SMARTS) is 1. The maximum Gasteiger partial charge on any atom is 0.401 e. The number of hydrogen-bond donors (Lipinski definition) is 1. The van der Waals surface area contributed by atoms with Crippen molar-refractivity contribution < 1.29 is 23.1 Å². The van der Waals surface area contributed by atoms with Crippen LogP contribution in [0.3, 0.4) is 0 Å². The summed E-state index contributed by atoms with van der Waals surface area (Å²) in [6, 6.07) is -0.673. The molecule has 1 N–H and O–H groups in total. The third-order valence-electron chi connectivity index (χ3n) is 2.08. The van der Waals surface area contributed by atoms with E-state index in [-0.39, 0.29) is 0 Å². The lowest BCUT2D eigenvalue weighted by Crippen LogP contribution is -2.39. The normalized spacial score (nSPS) is 13.9. The summed E-state index contributed by atoms with van der Waals surface area (Å²) in [6.45, 7) is -0.423. The van der Waals surface area contributed by atoms with Crippen LogP contribution in [0.25, 0.3) is 0 Å². The van der Waals surface area contributed by atoms with Crippen molar-refractivity contribution in [3.8, 4) is 0 Å². The predicted octanol–water partition coefficient (Wildman–Crippen LogP) is 2.15. The number of alkyl halides is 3. The Hall–Kier alpha value is -1.15. The van der Waals surface area contributed by atoms with Crippen molar-refractivity contribution in [3.05, 3.63) is 16.6 Å². The van der Waals surface area contributed by atoms with Crippen LogP contribution >= 0.6 is 11.3 Å². The number of nitrogens with zero attached hydrogens (tertiary/aromatic N) is 2. The average molecular weight is 268 g/mol. The van der Waals surface area contributed by atoms with Crippen molar-refractivity contribution in [1.82, 2.24) is 9.88 Å². The van der Waals surface area contributed by atoms with E-state index in [0.717, 1.165) is 4.90 Å². The third kappa shape index (κ3) is 4.70. The minimum Gasteiger partial charge on any atom is -0.480 e. The number of aliphatic carboxylic acids is 1. The summed E-state index contributed by atoms with van der Waals surface area (Å²) in [4.78, 5) is 15.3. The standard InChI is InChI=1S/C9H11F3N2O2S/c1-6(8-13-2-3-17-8)14(4-7(15)16)5-9(10,11)12/h2-3,6H,4-5H2,1H3,(H,15,16). The largest absolute Gasteiger partial charge is 0.480 e. The van der Waals surface area contributed by atoms with Gasteiger partial charge in [0, 0.05) is 11.6 Å². The van der Waals surface area contributed by atoms with Gasteiger partial charge in [-0.1, -0.05) is 0 Å². The van der Waals surface area contributed by atoms with Gasteiger partial charge in [0.15, 0.2) is 0 Å². The van der Waals surface area contributed by atoms with Crippen molar-refractivity contribution in [2.45, 2.75) is 19.1 Å². The number of halogens is 3. The average Bonchev–Trinajstić information content (AvgIpc) is 2.65. The van der Waals surface area contributed by atoms with E-state index in [1.807, 2.05) is 0 Å². The first kappa shape index (κ1) is 13.9. The van der Waals surface area contributed by atoms with Crippen LogP contribution < -0.4 is 0 Å². The van der Waals surface area contributed by atoms with Crippen molar-refractivity contribution in [2.75, 3.05) is 13.1 Å². The molecule has 1 unspecified atom stereocenters. The van der Waals surface area contributed by atoms with Crippen molar-refractivity contribution in [1.29, 1.82) is 0 Å². The second-order valence-corrected chi connectivity index (χ2v) is 4.39. The number of carbonyl (C=O) groups is 1. The van der Waals surface area contributed by atoms with Crippen LogP contribution in [0.5, 0.6) is 0 Å². The topological polar surface area (TPSA) is 53.4 Å². The fourth-order valence-corrected chi connectivity index (χ4v) is 2.06. The van der Waals surface area contributed by atoms with Crippen molar-refractivity contribution in [2.24, 2.45) is 0 Å². The molecule has 0 aromatic carbocycles. The zero-order valence-electron chi connectivity index (χ0n) is 8.94. The molecule has 8 heteroatoms. The summed E-state index contributed by atoms with van der Waals surface area (Å²) in [5.41, 5.74) is 0. The van der Waals surface area contributed by atoms with E-state index < -0.39 is 31.3 Å². The molecular formula is C9H11F3N2O2S. The van der Waals surface area contributed by atoms with Gasteiger partial charge in [-0.05, 0) is 6.92 Å². The minimum atomic E-state index is -4.43. The van der Waals surface area contributed by atoms with Gasteiger partial charge in [-0.25, -0.2) is 4.98 Å². The van der Waals surface area contributed by atoms with Gasteiger partial charge in [-0.15, -0.1) is 11.3 Å². The smallest absolute Gasteiger partial charge is 0.401 e. The van der Waals surface area contributed by atoms with Gasteiger partial charge in [0.25, 0.3) is 0 Å². The molecule has 96 valence electrons. The molecule has 0 saturated carbocycles. The Kier molecular flexibility index (Phi) is 4.47. The van der Waals surface area contributed by atoms with Crippen LogP contribution in [0.4, 0.5) is 13.2 Å². The molecule has 0 spiro atoms. The van der Waals surface area contributed by atoms with Crippen LogP contribution in [0.1, 0.15) is 18.0 Å². The lowest BCUT2D eigenvalue weighted by molar-refractivity contribution is -0.157. The van der Waals surface area contributed by atoms with Crippen LogP contribution in [0, 0.1) is 0 Å². The van der Waals surface area contributed by atoms with Gasteiger partial charge in [0.2, 0.25) is 0 Å². The Morgan fingerprint density at radius 2 is 2.29 bits per heavy atom. The fraction of sp³-hybridized carbons (Fsp3) is 0.556. The van der Waals surface area contributed by atoms with Crippen molar-refractivity contribution in [3.63, 3.8) is 0 Å². The number of thiazole rings is 1. The molecule has 0 radical (unpaired) electrons. The molecule has 1 atom stereocenters. The third-order valence-corrected chi connectivity index (χ3v) is 3.02. The van der Waals surface area contributed by atoms with E-state index in [2.05, 4.69) is 4.98 Å². The molecule has 17 heavy (non-hydrogen) atoms. The number of aromatic nitrogens is 1. The molecule has 1 aromatic heterocycles. The molecule has 0 aliphatic carbocycles. The molecule has 1 aromatic rings. The quantitative estimate of drug-likeness (QED) is 0.889. The van der Waals surface area contributed by atoms with E-state index in [1.165, 1.54) is 24.5 Å². The summed E-state index contributed by atoms with van der Waals surface area (Å²) in [6.07, 6.45) is -2.95. The lowest BCUT2D eigenvalue weighted by Gasteiger charge is -2.26. The first-order valence-electron chi connectivity index (χ1n) is 4.71. The molecule has 0 bridgehead atoms. The molecule has 4 nitrogen and oxygen atoms in total. The molecule has 0 amide bonds. The van der Waals surface area contributed by atoms with Gasteiger partial charge in [-0.2, -0.15) is 13.2 Å². The highest BCUT2D eigenvalue weighted by atomic mass is 32.1. The van der Waals surface area contributed by atoms with Crippen LogP contribution in [-0.2, 0) is 4.79 Å². The second-order valence-electron chi connectivity index (χ2n) is 3.46. The van der Waals surface area contributed by atoms with E-state index >= 15 is 0 Å². The SMILES string of the molecule is CC(c1nccs1)N(CC(=O)O)CC(F)(F)F. The van der Waals surface area contributed by atoms with E-state index in [1.54, 1.807) is 5.38 Å². The first-order chi connectivity index (χ1) is 7.79. The van der Waals surface area contributed by atoms with Gasteiger partial charge in [0.05, 0.1) is 19.1 Å². The fourth-order valence-electron chi connectivity index (χ4n) is 1.33. The number of rotatable bonds is 5. The predicted molar refractivity (Wildman–Crippen MR) is 55.8 cm³/mol. The van der Waals surface area contributed by atoms with E-state index in [0.29, 0.717) is 5.01 Å². The van der Waals surface area contributed by atoms with Crippen LogP contribution in [0.15, 0.2) is 11.6 Å². The second kappa shape index (κ2) is 5.46. The van der Waals surface area contributed by atoms with E-state index in [9.17, 15) is 18.0 Å². The van der Waals surface area contributed by atoms with Gasteiger partial charge >= 0.3 is 12.1 Å². The molecule has 1 heterocycles. The van der Waals surface area contributed by atoms with Crippen LogP contribution in [0.2, 0.25) is 0 Å². The van der Waals surface area contributed by atoms with Gasteiger partial charge in [0.1, 0.15) is 5.01 Å². The Labute approximate surface area is 99.7 Å². The summed E-state index contributed by atoms with van der Waals surface area (Å²) in [5, 5.41) is 10.7. The molecular weight excluding hydrogens is 257 g/mol. The molecule has 0 saturated heterocycles. The molecule has 0 aliphatic rings. The maximum absolute atomic E-state index is 12.3. The Morgan fingerprint density at radius 3 is 2.71 bits per heavy atom. The van der Waals surface area contributed by atoms with E-state index in [4.69, 9.17) is 5.11 Å². The first-order valence-corrected chi connectivity index (χ1v) is 5.59. The van der Waals surface area contributed by atoms with Crippen molar-refractivity contribution >= 4 is 17.3 Å². The number of hydrogen-bond acceptors (Lipinski definition) is 4. The highest BCUT2D eigenvalue weighted by Crippen LogP contribution is 2.26. The van der Waals surface area contributed by atoms with Crippen LogP contribution in [-0.4, -0.2) is 40.2 Å². The molecule has 0 fully saturated rings. The monoisotopic (exact) mass is 268 g/mol. The van der Waals surface area contributed by atoms with Gasteiger partial charge in [-0.3, -0.25) is 9.69 Å². The summed E-state index contributed by atoms with van der Waals surface area (Å²) in [7, 11) is 0. The Bertz CT molecular complexity index is 367. The summed E-state index contributed by atoms with van der Waals surface area (Å²) in [5.74, 6) is -1.29. The molecule has 1 rings (SSSR count). The maximum atomic E-state index is 12.3. The Balaban J connectivity index is 2.78. The zero-order chi connectivity index (χ0) is 13.1.